The first-order valence-electron chi connectivity index (χ1n) is 8.22. The minimum atomic E-state index is 0.302. The second kappa shape index (κ2) is 9.83. The predicted molar refractivity (Wildman–Crippen MR) is 101 cm³/mol. The fourth-order valence-electron chi connectivity index (χ4n) is 2.33. The molecule has 0 spiro atoms. The number of hydrogen-bond acceptors (Lipinski definition) is 2. The van der Waals surface area contributed by atoms with Crippen LogP contribution in [0.25, 0.3) is 0 Å². The molecular weight excluding hydrogens is 322 g/mol. The molecular formula is C19H24ClN3O. The fraction of sp³-hybridized carbons (Fsp3) is 0.316. The molecule has 0 amide bonds. The fourth-order valence-corrected chi connectivity index (χ4v) is 2.45. The van der Waals surface area contributed by atoms with E-state index < -0.39 is 0 Å². The summed E-state index contributed by atoms with van der Waals surface area (Å²) in [7, 11) is 0. The Bertz CT molecular complexity index is 656. The van der Waals surface area contributed by atoms with Crippen molar-refractivity contribution in [3.63, 3.8) is 0 Å². The van der Waals surface area contributed by atoms with Crippen LogP contribution in [0.3, 0.4) is 0 Å². The molecule has 0 heterocycles. The second-order valence-electron chi connectivity index (χ2n) is 5.48. The molecule has 0 aliphatic carbocycles. The molecule has 0 bridgehead atoms. The van der Waals surface area contributed by atoms with Gasteiger partial charge in [0.05, 0.1) is 0 Å². The van der Waals surface area contributed by atoms with Gasteiger partial charge < -0.3 is 15.7 Å². The van der Waals surface area contributed by atoms with Gasteiger partial charge in [0.15, 0.2) is 5.96 Å². The van der Waals surface area contributed by atoms with Crippen LogP contribution in [0.5, 0.6) is 5.75 Å². The second-order valence-corrected chi connectivity index (χ2v) is 5.92. The van der Waals surface area contributed by atoms with E-state index in [2.05, 4.69) is 15.6 Å². The summed E-state index contributed by atoms with van der Waals surface area (Å²) in [6.07, 6.45) is 1.70. The van der Waals surface area contributed by atoms with E-state index in [9.17, 15) is 5.11 Å². The number of phenols is 1. The molecule has 0 aliphatic heterocycles. The summed E-state index contributed by atoms with van der Waals surface area (Å²) < 4.78 is 0. The van der Waals surface area contributed by atoms with Gasteiger partial charge in [-0.15, -0.1) is 0 Å². The predicted octanol–water partition coefficient (Wildman–Crippen LogP) is 3.39. The van der Waals surface area contributed by atoms with Crippen LogP contribution in [0.15, 0.2) is 53.5 Å². The van der Waals surface area contributed by atoms with Crippen molar-refractivity contribution in [2.24, 2.45) is 4.99 Å². The van der Waals surface area contributed by atoms with Gasteiger partial charge in [-0.2, -0.15) is 0 Å². The van der Waals surface area contributed by atoms with Crippen LogP contribution in [-0.2, 0) is 12.8 Å². The van der Waals surface area contributed by atoms with Crippen molar-refractivity contribution >= 4 is 17.6 Å². The van der Waals surface area contributed by atoms with Crippen molar-refractivity contribution in [3.05, 3.63) is 64.7 Å². The molecule has 0 saturated heterocycles. The molecule has 2 aromatic rings. The van der Waals surface area contributed by atoms with E-state index in [-0.39, 0.29) is 0 Å². The molecule has 0 aliphatic rings. The molecule has 0 unspecified atom stereocenters. The average molecular weight is 346 g/mol. The first-order chi connectivity index (χ1) is 11.7. The third-order valence-electron chi connectivity index (χ3n) is 3.54. The van der Waals surface area contributed by atoms with Gasteiger partial charge >= 0.3 is 0 Å². The Hall–Kier alpha value is -2.20. The Labute approximate surface area is 148 Å². The van der Waals surface area contributed by atoms with Crippen molar-refractivity contribution in [3.8, 4) is 5.75 Å². The monoisotopic (exact) mass is 345 g/mol. The van der Waals surface area contributed by atoms with Crippen LogP contribution >= 0.6 is 11.6 Å². The number of phenolic OH excluding ortho intramolecular Hbond substituents is 1. The Morgan fingerprint density at radius 1 is 1.04 bits per heavy atom. The largest absolute Gasteiger partial charge is 0.508 e. The van der Waals surface area contributed by atoms with Crippen LogP contribution < -0.4 is 10.6 Å². The SMILES string of the molecule is CCNC(=NCCc1ccc(Cl)cc1)NCCc1cccc(O)c1. The lowest BCUT2D eigenvalue weighted by Gasteiger charge is -2.11. The highest BCUT2D eigenvalue weighted by Gasteiger charge is 1.99. The zero-order valence-electron chi connectivity index (χ0n) is 13.9. The molecule has 2 aromatic carbocycles. The zero-order valence-corrected chi connectivity index (χ0v) is 14.7. The highest BCUT2D eigenvalue weighted by atomic mass is 35.5. The summed E-state index contributed by atoms with van der Waals surface area (Å²) in [5, 5.41) is 16.8. The molecule has 5 heteroatoms. The molecule has 24 heavy (non-hydrogen) atoms. The van der Waals surface area contributed by atoms with Crippen LogP contribution in [0.2, 0.25) is 5.02 Å². The average Bonchev–Trinajstić information content (AvgIpc) is 2.57. The molecule has 0 fully saturated rings. The van der Waals surface area contributed by atoms with Gasteiger partial charge in [0.25, 0.3) is 0 Å². The first-order valence-corrected chi connectivity index (χ1v) is 8.59. The number of benzene rings is 2. The Kier molecular flexibility index (Phi) is 7.43. The number of aromatic hydroxyl groups is 1. The van der Waals surface area contributed by atoms with Gasteiger partial charge in [0.2, 0.25) is 0 Å². The van der Waals surface area contributed by atoms with Gasteiger partial charge in [0, 0.05) is 24.7 Å². The van der Waals surface area contributed by atoms with Crippen LogP contribution in [0.4, 0.5) is 0 Å². The van der Waals surface area contributed by atoms with Crippen molar-refractivity contribution in [2.45, 2.75) is 19.8 Å². The number of nitrogens with one attached hydrogen (secondary N) is 2. The van der Waals surface area contributed by atoms with Gasteiger partial charge in [-0.3, -0.25) is 4.99 Å². The zero-order chi connectivity index (χ0) is 17.2. The summed E-state index contributed by atoms with van der Waals surface area (Å²) in [5.41, 5.74) is 2.32. The molecule has 3 N–H and O–H groups in total. The van der Waals surface area contributed by atoms with Crippen molar-refractivity contribution in [1.29, 1.82) is 0 Å². The molecule has 0 saturated carbocycles. The van der Waals surface area contributed by atoms with E-state index in [0.717, 1.165) is 42.5 Å². The highest BCUT2D eigenvalue weighted by molar-refractivity contribution is 6.30. The molecule has 4 nitrogen and oxygen atoms in total. The minimum absolute atomic E-state index is 0.302. The lowest BCUT2D eigenvalue weighted by molar-refractivity contribution is 0.474. The topological polar surface area (TPSA) is 56.7 Å². The standard InChI is InChI=1S/C19H24ClN3O/c1-2-21-19(22-12-10-15-6-8-17(20)9-7-15)23-13-11-16-4-3-5-18(24)14-16/h3-9,14,24H,2,10-13H2,1H3,(H2,21,22,23). The Balaban J connectivity index is 1.80. The van der Waals surface area contributed by atoms with E-state index in [1.165, 1.54) is 5.56 Å². The third kappa shape index (κ3) is 6.50. The van der Waals surface area contributed by atoms with Gasteiger partial charge in [-0.05, 0) is 55.2 Å². The summed E-state index contributed by atoms with van der Waals surface area (Å²) >= 11 is 5.89. The number of hydrogen-bond donors (Lipinski definition) is 3. The third-order valence-corrected chi connectivity index (χ3v) is 3.80. The number of guanidine groups is 1. The minimum Gasteiger partial charge on any atom is -0.508 e. The molecule has 0 atom stereocenters. The van der Waals surface area contributed by atoms with E-state index >= 15 is 0 Å². The molecule has 0 radical (unpaired) electrons. The molecule has 128 valence electrons. The van der Waals surface area contributed by atoms with Gasteiger partial charge in [0.1, 0.15) is 5.75 Å². The van der Waals surface area contributed by atoms with E-state index in [1.807, 2.05) is 43.3 Å². The van der Waals surface area contributed by atoms with Crippen molar-refractivity contribution in [2.75, 3.05) is 19.6 Å². The molecule has 0 aromatic heterocycles. The Morgan fingerprint density at radius 3 is 2.54 bits per heavy atom. The maximum absolute atomic E-state index is 9.48. The van der Waals surface area contributed by atoms with Crippen molar-refractivity contribution < 1.29 is 5.11 Å². The van der Waals surface area contributed by atoms with E-state index in [4.69, 9.17) is 11.6 Å². The number of rotatable bonds is 7. The quantitative estimate of drug-likeness (QED) is 0.532. The lowest BCUT2D eigenvalue weighted by Crippen LogP contribution is -2.38. The van der Waals surface area contributed by atoms with Crippen LogP contribution in [-0.4, -0.2) is 30.7 Å². The van der Waals surface area contributed by atoms with Gasteiger partial charge in [-0.1, -0.05) is 35.9 Å². The maximum Gasteiger partial charge on any atom is 0.191 e. The smallest absolute Gasteiger partial charge is 0.191 e. The van der Waals surface area contributed by atoms with E-state index in [0.29, 0.717) is 12.3 Å². The Morgan fingerprint density at radius 2 is 1.83 bits per heavy atom. The highest BCUT2D eigenvalue weighted by Crippen LogP contribution is 2.11. The number of halogens is 1. The summed E-state index contributed by atoms with van der Waals surface area (Å²) in [5.74, 6) is 1.11. The normalized spacial score (nSPS) is 11.3. The van der Waals surface area contributed by atoms with Crippen LogP contribution in [0.1, 0.15) is 18.1 Å². The number of nitrogens with zero attached hydrogens (tertiary/aromatic N) is 1. The first kappa shape index (κ1) is 18.1. The van der Waals surface area contributed by atoms with Crippen LogP contribution in [0, 0.1) is 0 Å². The summed E-state index contributed by atoms with van der Waals surface area (Å²) in [6.45, 7) is 4.34. The number of aliphatic imine (C=N–C) groups is 1. The summed E-state index contributed by atoms with van der Waals surface area (Å²) in [4.78, 5) is 4.59. The molecule has 2 rings (SSSR count). The maximum atomic E-state index is 9.48. The lowest BCUT2D eigenvalue weighted by atomic mass is 10.1. The summed E-state index contributed by atoms with van der Waals surface area (Å²) in [6, 6.07) is 15.2. The van der Waals surface area contributed by atoms with Crippen molar-refractivity contribution in [1.82, 2.24) is 10.6 Å². The van der Waals surface area contributed by atoms with E-state index in [1.54, 1.807) is 12.1 Å². The van der Waals surface area contributed by atoms with Gasteiger partial charge in [-0.25, -0.2) is 0 Å².